The molecule has 2 saturated carbocycles. The van der Waals surface area contributed by atoms with Crippen molar-refractivity contribution in [2.75, 3.05) is 0 Å². The van der Waals surface area contributed by atoms with Crippen LogP contribution in [0.2, 0.25) is 0 Å². The van der Waals surface area contributed by atoms with Crippen molar-refractivity contribution in [2.45, 2.75) is 44.1 Å². The Morgan fingerprint density at radius 3 is 2.41 bits per heavy atom. The molecule has 1 heterocycles. The number of aromatic carboxylic acids is 1. The molecule has 0 aliphatic heterocycles. The summed E-state index contributed by atoms with van der Waals surface area (Å²) < 4.78 is 1.84. The highest BCUT2D eigenvalue weighted by Gasteiger charge is 2.32. The van der Waals surface area contributed by atoms with E-state index >= 15 is 0 Å². The number of hydrogen-bond donors (Lipinski definition) is 1. The largest absolute Gasteiger partial charge is 0.478 e. The predicted octanol–water partition coefficient (Wildman–Crippen LogP) is 2.15. The quantitative estimate of drug-likeness (QED) is 0.870. The van der Waals surface area contributed by atoms with Crippen LogP contribution >= 0.6 is 0 Å². The summed E-state index contributed by atoms with van der Waals surface area (Å²) >= 11 is 0. The van der Waals surface area contributed by atoms with Crippen LogP contribution in [0.4, 0.5) is 0 Å². The van der Waals surface area contributed by atoms with Gasteiger partial charge in [0.2, 0.25) is 0 Å². The average Bonchev–Trinajstić information content (AvgIpc) is 3.00. The molecule has 0 aromatic carbocycles. The zero-order valence-corrected chi connectivity index (χ0v) is 9.56. The van der Waals surface area contributed by atoms with Gasteiger partial charge >= 0.3 is 5.97 Å². The molecule has 1 aromatic heterocycles. The van der Waals surface area contributed by atoms with Gasteiger partial charge in [-0.05, 0) is 44.1 Å². The highest BCUT2D eigenvalue weighted by atomic mass is 16.4. The molecular weight excluding hydrogens is 218 g/mol. The molecule has 0 atom stereocenters. The van der Waals surface area contributed by atoms with E-state index in [9.17, 15) is 9.59 Å². The van der Waals surface area contributed by atoms with Crippen LogP contribution in [0.5, 0.6) is 0 Å². The molecule has 17 heavy (non-hydrogen) atoms. The molecule has 1 N–H and O–H groups in total. The topological polar surface area (TPSA) is 59.3 Å². The number of aromatic nitrogens is 1. The molecule has 0 bridgehead atoms. The molecule has 4 nitrogen and oxygen atoms in total. The second-order valence-electron chi connectivity index (χ2n) is 5.04. The molecule has 2 aliphatic rings. The van der Waals surface area contributed by atoms with Crippen LogP contribution in [-0.4, -0.2) is 15.6 Å². The SMILES string of the molecule is O=C(O)c1cc(C2CC2)n(C2CCC2)c(=O)c1. The lowest BCUT2D eigenvalue weighted by Crippen LogP contribution is -2.31. The lowest BCUT2D eigenvalue weighted by molar-refractivity contribution is 0.0696. The zero-order valence-electron chi connectivity index (χ0n) is 9.56. The first-order valence-corrected chi connectivity index (χ1v) is 6.16. The number of carboxylic acid groups (broad SMARTS) is 1. The van der Waals surface area contributed by atoms with Gasteiger partial charge in [0, 0.05) is 17.8 Å². The molecule has 2 aliphatic carbocycles. The summed E-state index contributed by atoms with van der Waals surface area (Å²) in [6, 6.07) is 3.26. The van der Waals surface area contributed by atoms with Crippen LogP contribution < -0.4 is 5.56 Å². The Balaban J connectivity index is 2.12. The lowest BCUT2D eigenvalue weighted by atomic mass is 9.92. The summed E-state index contributed by atoms with van der Waals surface area (Å²) in [6.07, 6.45) is 5.42. The van der Waals surface area contributed by atoms with Crippen LogP contribution in [0.15, 0.2) is 16.9 Å². The van der Waals surface area contributed by atoms with E-state index in [0.717, 1.165) is 31.4 Å². The van der Waals surface area contributed by atoms with Gasteiger partial charge in [-0.15, -0.1) is 0 Å². The van der Waals surface area contributed by atoms with E-state index in [2.05, 4.69) is 0 Å². The number of pyridine rings is 1. The second kappa shape index (κ2) is 3.72. The molecular formula is C13H15NO3. The third kappa shape index (κ3) is 1.77. The summed E-state index contributed by atoms with van der Waals surface area (Å²) in [5.41, 5.74) is 0.934. The van der Waals surface area contributed by atoms with Crippen LogP contribution in [0, 0.1) is 0 Å². The number of rotatable bonds is 3. The summed E-state index contributed by atoms with van der Waals surface area (Å²) in [5, 5.41) is 8.99. The smallest absolute Gasteiger partial charge is 0.335 e. The van der Waals surface area contributed by atoms with Crippen molar-refractivity contribution in [1.82, 2.24) is 4.57 Å². The first-order valence-electron chi connectivity index (χ1n) is 6.16. The first-order chi connectivity index (χ1) is 8.16. The minimum atomic E-state index is -1.01. The molecule has 1 aromatic rings. The van der Waals surface area contributed by atoms with Crippen molar-refractivity contribution in [2.24, 2.45) is 0 Å². The van der Waals surface area contributed by atoms with Crippen LogP contribution in [0.3, 0.4) is 0 Å². The normalized spacial score (nSPS) is 20.0. The molecule has 90 valence electrons. The van der Waals surface area contributed by atoms with Gasteiger partial charge in [-0.1, -0.05) is 0 Å². The van der Waals surface area contributed by atoms with Gasteiger partial charge in [-0.3, -0.25) is 4.79 Å². The molecule has 0 amide bonds. The van der Waals surface area contributed by atoms with E-state index in [4.69, 9.17) is 5.11 Å². The van der Waals surface area contributed by atoms with Crippen molar-refractivity contribution in [3.05, 3.63) is 33.7 Å². The van der Waals surface area contributed by atoms with Crippen LogP contribution in [-0.2, 0) is 0 Å². The summed E-state index contributed by atoms with van der Waals surface area (Å²) in [5.74, 6) is -0.604. The van der Waals surface area contributed by atoms with E-state index in [1.165, 1.54) is 12.5 Å². The van der Waals surface area contributed by atoms with E-state index in [0.29, 0.717) is 12.0 Å². The van der Waals surface area contributed by atoms with Gasteiger partial charge in [0.25, 0.3) is 5.56 Å². The molecule has 0 spiro atoms. The third-order valence-electron chi connectivity index (χ3n) is 3.78. The van der Waals surface area contributed by atoms with Gasteiger partial charge in [0.05, 0.1) is 5.56 Å². The maximum atomic E-state index is 12.0. The minimum Gasteiger partial charge on any atom is -0.478 e. The van der Waals surface area contributed by atoms with Gasteiger partial charge < -0.3 is 9.67 Å². The summed E-state index contributed by atoms with van der Waals surface area (Å²) in [7, 11) is 0. The van der Waals surface area contributed by atoms with E-state index in [1.54, 1.807) is 6.07 Å². The minimum absolute atomic E-state index is 0.132. The molecule has 3 rings (SSSR count). The Bertz CT molecular complexity index is 524. The molecule has 2 fully saturated rings. The van der Waals surface area contributed by atoms with Gasteiger partial charge in [-0.25, -0.2) is 4.79 Å². The highest BCUT2D eigenvalue weighted by Crippen LogP contribution is 2.42. The fraction of sp³-hybridized carbons (Fsp3) is 0.538. The average molecular weight is 233 g/mol. The van der Waals surface area contributed by atoms with E-state index in [1.807, 2.05) is 4.57 Å². The second-order valence-corrected chi connectivity index (χ2v) is 5.04. The Morgan fingerprint density at radius 1 is 1.24 bits per heavy atom. The number of carbonyl (C=O) groups is 1. The fourth-order valence-corrected chi connectivity index (χ4v) is 2.45. The molecule has 0 unspecified atom stereocenters. The summed E-state index contributed by atoms with van der Waals surface area (Å²) in [6.45, 7) is 0. The van der Waals surface area contributed by atoms with Crippen LogP contribution in [0.1, 0.15) is 60.1 Å². The van der Waals surface area contributed by atoms with Crippen molar-refractivity contribution in [3.63, 3.8) is 0 Å². The fourth-order valence-electron chi connectivity index (χ4n) is 2.45. The number of carboxylic acids is 1. The van der Waals surface area contributed by atoms with Crippen molar-refractivity contribution in [1.29, 1.82) is 0 Å². The van der Waals surface area contributed by atoms with Crippen molar-refractivity contribution < 1.29 is 9.90 Å². The Kier molecular flexibility index (Phi) is 2.31. The van der Waals surface area contributed by atoms with Gasteiger partial charge in [0.15, 0.2) is 0 Å². The maximum absolute atomic E-state index is 12.0. The van der Waals surface area contributed by atoms with E-state index in [-0.39, 0.29) is 11.1 Å². The Morgan fingerprint density at radius 2 is 1.94 bits per heavy atom. The highest BCUT2D eigenvalue weighted by molar-refractivity contribution is 5.87. The van der Waals surface area contributed by atoms with Crippen molar-refractivity contribution >= 4 is 5.97 Å². The molecule has 0 saturated heterocycles. The zero-order chi connectivity index (χ0) is 12.0. The predicted molar refractivity (Wildman–Crippen MR) is 62.5 cm³/mol. The maximum Gasteiger partial charge on any atom is 0.335 e. The standard InChI is InChI=1S/C13H15NO3/c15-12-7-9(13(16)17)6-11(8-4-5-8)14(12)10-2-1-3-10/h6-8,10H,1-5H2,(H,16,17). The monoisotopic (exact) mass is 233 g/mol. The summed E-state index contributed by atoms with van der Waals surface area (Å²) in [4.78, 5) is 23.0. The first kappa shape index (κ1) is 10.6. The number of hydrogen-bond acceptors (Lipinski definition) is 2. The van der Waals surface area contributed by atoms with Gasteiger partial charge in [-0.2, -0.15) is 0 Å². The molecule has 4 heteroatoms. The Hall–Kier alpha value is -1.58. The molecule has 0 radical (unpaired) electrons. The number of nitrogens with zero attached hydrogens (tertiary/aromatic N) is 1. The van der Waals surface area contributed by atoms with E-state index < -0.39 is 5.97 Å². The lowest BCUT2D eigenvalue weighted by Gasteiger charge is -2.30. The van der Waals surface area contributed by atoms with Gasteiger partial charge in [0.1, 0.15) is 0 Å². The van der Waals surface area contributed by atoms with Crippen LogP contribution in [0.25, 0.3) is 0 Å². The van der Waals surface area contributed by atoms with Crippen molar-refractivity contribution in [3.8, 4) is 0 Å². The Labute approximate surface area is 98.9 Å². The third-order valence-corrected chi connectivity index (χ3v) is 3.78.